The molecule has 0 aliphatic heterocycles. The maximum absolute atomic E-state index is 12.7. The number of phosphoric acid groups is 1. The van der Waals surface area contributed by atoms with E-state index >= 15 is 0 Å². The molecule has 0 spiro atoms. The molecule has 9 nitrogen and oxygen atoms in total. The standard InChI is InChI=1S/C63H108NO8P/c1-3-5-7-9-11-13-15-17-19-21-23-25-27-28-29-30-31-32-34-35-37-39-41-43-45-47-49-51-53-55-62(65)69-59-61(60-71-73(67,68)70-58-57-64)72-63(66)56-54-52-50-48-46-44-42-40-38-36-33-26-24-22-20-18-16-14-12-10-8-6-4-2/h5-8,11-14,17-20,23-26,36,38,61H,3-4,9-10,15-16,21-22,27-35,37,39-60,64H2,1-2H3,(H,67,68)/b7-5-,8-6-,13-11-,14-12-,19-17-,20-18-,25-23-,26-24-,38-36-. The van der Waals surface area contributed by atoms with Crippen molar-refractivity contribution >= 4 is 19.8 Å². The normalized spacial score (nSPS) is 13.9. The van der Waals surface area contributed by atoms with Gasteiger partial charge in [0.15, 0.2) is 6.10 Å². The Kier molecular flexibility index (Phi) is 55.3. The number of hydrogen-bond acceptors (Lipinski definition) is 8. The molecule has 0 aliphatic rings. The summed E-state index contributed by atoms with van der Waals surface area (Å²) in [6, 6.07) is 0. The van der Waals surface area contributed by atoms with Crippen LogP contribution in [-0.4, -0.2) is 49.3 Å². The van der Waals surface area contributed by atoms with Crippen LogP contribution in [-0.2, 0) is 32.7 Å². The molecule has 2 atom stereocenters. The van der Waals surface area contributed by atoms with E-state index in [4.69, 9.17) is 24.3 Å². The molecular weight excluding hydrogens is 930 g/mol. The van der Waals surface area contributed by atoms with Gasteiger partial charge >= 0.3 is 19.8 Å². The van der Waals surface area contributed by atoms with Crippen molar-refractivity contribution < 1.29 is 37.6 Å². The van der Waals surface area contributed by atoms with Crippen molar-refractivity contribution in [2.75, 3.05) is 26.4 Å². The minimum absolute atomic E-state index is 0.0468. The molecule has 3 N–H and O–H groups in total. The van der Waals surface area contributed by atoms with Crippen molar-refractivity contribution in [2.45, 2.75) is 251 Å². The second-order valence-corrected chi connectivity index (χ2v) is 20.6. The van der Waals surface area contributed by atoms with E-state index in [1.54, 1.807) is 0 Å². The molecule has 73 heavy (non-hydrogen) atoms. The Bertz CT molecular complexity index is 1560. The van der Waals surface area contributed by atoms with E-state index in [9.17, 15) is 19.0 Å². The molecule has 0 aromatic heterocycles. The van der Waals surface area contributed by atoms with Crippen LogP contribution in [0, 0.1) is 0 Å². The zero-order valence-electron chi connectivity index (χ0n) is 46.6. The van der Waals surface area contributed by atoms with Crippen LogP contribution >= 0.6 is 7.82 Å². The van der Waals surface area contributed by atoms with Gasteiger partial charge in [0, 0.05) is 19.4 Å². The van der Waals surface area contributed by atoms with Crippen molar-refractivity contribution in [3.05, 3.63) is 109 Å². The third-order valence-electron chi connectivity index (χ3n) is 12.2. The van der Waals surface area contributed by atoms with Gasteiger partial charge in [0.2, 0.25) is 0 Å². The van der Waals surface area contributed by atoms with Crippen LogP contribution in [0.1, 0.15) is 245 Å². The van der Waals surface area contributed by atoms with Crippen LogP contribution in [0.25, 0.3) is 0 Å². The van der Waals surface area contributed by atoms with Crippen LogP contribution < -0.4 is 5.73 Å². The summed E-state index contributed by atoms with van der Waals surface area (Å²) < 4.78 is 33.0. The van der Waals surface area contributed by atoms with Crippen LogP contribution in [0.2, 0.25) is 0 Å². The molecule has 418 valence electrons. The fraction of sp³-hybridized carbons (Fsp3) is 0.683. The number of esters is 2. The summed E-state index contributed by atoms with van der Waals surface area (Å²) in [6.07, 6.45) is 78.6. The summed E-state index contributed by atoms with van der Waals surface area (Å²) in [5.41, 5.74) is 5.38. The Labute approximate surface area is 448 Å². The average molecular weight is 1040 g/mol. The van der Waals surface area contributed by atoms with E-state index in [0.29, 0.717) is 6.42 Å². The number of phosphoric ester groups is 1. The Hall–Kier alpha value is -3.33. The SMILES string of the molecule is CC/C=C\C/C=C\C/C=C\C/C=C\C/C=C\CCCCCCCCCC(=O)OC(COC(=O)CCCCCCCCCCCCCCCCCC/C=C\C/C=C\C/C=C\C/C=C\CC)COP(=O)(O)OCCN. The number of carbonyl (C=O) groups is 2. The number of unbranched alkanes of at least 4 members (excludes halogenated alkanes) is 23. The number of ether oxygens (including phenoxy) is 2. The van der Waals surface area contributed by atoms with Crippen molar-refractivity contribution in [3.63, 3.8) is 0 Å². The van der Waals surface area contributed by atoms with E-state index in [-0.39, 0.29) is 38.6 Å². The molecular formula is C63H108NO8P. The zero-order chi connectivity index (χ0) is 53.1. The van der Waals surface area contributed by atoms with Gasteiger partial charge in [-0.3, -0.25) is 18.6 Å². The van der Waals surface area contributed by atoms with E-state index in [1.165, 1.54) is 109 Å². The monoisotopic (exact) mass is 1040 g/mol. The molecule has 0 aromatic carbocycles. The van der Waals surface area contributed by atoms with Crippen molar-refractivity contribution in [2.24, 2.45) is 5.73 Å². The lowest BCUT2D eigenvalue weighted by Crippen LogP contribution is -2.29. The quantitative estimate of drug-likeness (QED) is 0.0264. The smallest absolute Gasteiger partial charge is 0.462 e. The molecule has 0 aliphatic carbocycles. The van der Waals surface area contributed by atoms with Gasteiger partial charge in [-0.05, 0) is 96.3 Å². The third-order valence-corrected chi connectivity index (χ3v) is 13.1. The topological polar surface area (TPSA) is 134 Å². The van der Waals surface area contributed by atoms with Gasteiger partial charge in [0.25, 0.3) is 0 Å². The van der Waals surface area contributed by atoms with Crippen LogP contribution in [0.4, 0.5) is 0 Å². The number of rotatable bonds is 54. The molecule has 10 heteroatoms. The lowest BCUT2D eigenvalue weighted by atomic mass is 10.0. The minimum atomic E-state index is -4.40. The first kappa shape index (κ1) is 69.7. The summed E-state index contributed by atoms with van der Waals surface area (Å²) in [5, 5.41) is 0. The van der Waals surface area contributed by atoms with E-state index in [2.05, 4.69) is 123 Å². The number of allylic oxidation sites excluding steroid dienone is 18. The Morgan fingerprint density at radius 3 is 1.05 bits per heavy atom. The van der Waals surface area contributed by atoms with Gasteiger partial charge in [0.1, 0.15) is 6.61 Å². The second-order valence-electron chi connectivity index (χ2n) is 19.1. The van der Waals surface area contributed by atoms with Gasteiger partial charge in [-0.2, -0.15) is 0 Å². The average Bonchev–Trinajstić information content (AvgIpc) is 3.38. The molecule has 0 saturated carbocycles. The lowest BCUT2D eigenvalue weighted by Gasteiger charge is -2.19. The van der Waals surface area contributed by atoms with E-state index in [0.717, 1.165) is 103 Å². The zero-order valence-corrected chi connectivity index (χ0v) is 47.5. The summed E-state index contributed by atoms with van der Waals surface area (Å²) in [5.74, 6) is -0.841. The fourth-order valence-corrected chi connectivity index (χ4v) is 8.65. The maximum atomic E-state index is 12.7. The molecule has 0 aromatic rings. The Morgan fingerprint density at radius 1 is 0.411 bits per heavy atom. The molecule has 0 heterocycles. The van der Waals surface area contributed by atoms with Gasteiger partial charge in [-0.1, -0.05) is 245 Å². The number of carbonyl (C=O) groups excluding carboxylic acids is 2. The summed E-state index contributed by atoms with van der Waals surface area (Å²) in [7, 11) is -4.40. The predicted molar refractivity (Wildman–Crippen MR) is 311 cm³/mol. The minimum Gasteiger partial charge on any atom is -0.462 e. The highest BCUT2D eigenvalue weighted by molar-refractivity contribution is 7.47. The lowest BCUT2D eigenvalue weighted by molar-refractivity contribution is -0.161. The fourth-order valence-electron chi connectivity index (χ4n) is 7.89. The predicted octanol–water partition coefficient (Wildman–Crippen LogP) is 18.6. The van der Waals surface area contributed by atoms with Crippen molar-refractivity contribution in [1.82, 2.24) is 0 Å². The third kappa shape index (κ3) is 57.8. The van der Waals surface area contributed by atoms with Crippen molar-refractivity contribution in [3.8, 4) is 0 Å². The molecule has 0 radical (unpaired) electrons. The first-order valence-corrected chi connectivity index (χ1v) is 30.9. The highest BCUT2D eigenvalue weighted by atomic mass is 31.2. The molecule has 0 bridgehead atoms. The highest BCUT2D eigenvalue weighted by Gasteiger charge is 2.26. The molecule has 0 fully saturated rings. The molecule has 2 unspecified atom stereocenters. The Morgan fingerprint density at radius 2 is 0.712 bits per heavy atom. The van der Waals surface area contributed by atoms with Gasteiger partial charge in [-0.15, -0.1) is 0 Å². The van der Waals surface area contributed by atoms with Gasteiger partial charge < -0.3 is 20.1 Å². The maximum Gasteiger partial charge on any atom is 0.472 e. The summed E-state index contributed by atoms with van der Waals surface area (Å²) >= 11 is 0. The molecule has 0 amide bonds. The Balaban J connectivity index is 3.98. The van der Waals surface area contributed by atoms with E-state index in [1.807, 2.05) is 0 Å². The van der Waals surface area contributed by atoms with Crippen LogP contribution in [0.5, 0.6) is 0 Å². The van der Waals surface area contributed by atoms with Crippen molar-refractivity contribution in [1.29, 1.82) is 0 Å². The first-order chi connectivity index (χ1) is 35.8. The first-order valence-electron chi connectivity index (χ1n) is 29.4. The second kappa shape index (κ2) is 57.9. The van der Waals surface area contributed by atoms with Gasteiger partial charge in [0.05, 0.1) is 13.2 Å². The summed E-state index contributed by atoms with van der Waals surface area (Å²) in [6.45, 7) is 3.51. The van der Waals surface area contributed by atoms with Crippen LogP contribution in [0.3, 0.4) is 0 Å². The number of hydrogen-bond donors (Lipinski definition) is 2. The summed E-state index contributed by atoms with van der Waals surface area (Å²) in [4.78, 5) is 35.2. The van der Waals surface area contributed by atoms with Gasteiger partial charge in [-0.25, -0.2) is 4.57 Å². The number of nitrogens with two attached hydrogens (primary N) is 1. The van der Waals surface area contributed by atoms with E-state index < -0.39 is 26.5 Å². The highest BCUT2D eigenvalue weighted by Crippen LogP contribution is 2.43. The largest absolute Gasteiger partial charge is 0.472 e. The molecule has 0 saturated heterocycles. The molecule has 0 rings (SSSR count). The van der Waals surface area contributed by atoms with Crippen LogP contribution in [0.15, 0.2) is 109 Å².